The predicted octanol–water partition coefficient (Wildman–Crippen LogP) is 3.43. The van der Waals surface area contributed by atoms with E-state index in [2.05, 4.69) is 29.4 Å². The van der Waals surface area contributed by atoms with E-state index in [9.17, 15) is 9.59 Å². The molecule has 0 bridgehead atoms. The Balaban J connectivity index is 1.88. The first-order valence-corrected chi connectivity index (χ1v) is 12.0. The quantitative estimate of drug-likeness (QED) is 0.703. The van der Waals surface area contributed by atoms with E-state index in [1.54, 1.807) is 37.3 Å². The standard InChI is InChI=1S/C25H40N4O4/c1-16(2)26-25(31)27-20-9-10-22-21(11-20)24(30)28(5)14-23(32-6)17(3)12-29(13-19-7-8-19)18(4)15-33-22/h9-11,16-19,23H,7-8,12-15H2,1-6H3,(H2,26,27,31)/t17-,18-,23-/m0/s1. The first kappa shape index (κ1) is 25.3. The highest BCUT2D eigenvalue weighted by atomic mass is 16.5. The second-order valence-corrected chi connectivity index (χ2v) is 9.96. The highest BCUT2D eigenvalue weighted by Gasteiger charge is 2.31. The lowest BCUT2D eigenvalue weighted by atomic mass is 10.0. The highest BCUT2D eigenvalue weighted by Crippen LogP contribution is 2.31. The number of rotatable bonds is 5. The summed E-state index contributed by atoms with van der Waals surface area (Å²) in [5.74, 6) is 1.41. The Labute approximate surface area is 198 Å². The largest absolute Gasteiger partial charge is 0.491 e. The zero-order valence-electron chi connectivity index (χ0n) is 20.9. The number of likely N-dealkylation sites (N-methyl/N-ethyl adjacent to an activating group) is 1. The van der Waals surface area contributed by atoms with Gasteiger partial charge in [0.05, 0.1) is 11.7 Å². The van der Waals surface area contributed by atoms with E-state index in [0.29, 0.717) is 30.2 Å². The van der Waals surface area contributed by atoms with Crippen LogP contribution in [0.15, 0.2) is 18.2 Å². The van der Waals surface area contributed by atoms with Crippen LogP contribution in [0.1, 0.15) is 50.9 Å². The molecule has 2 aliphatic rings. The number of fused-ring (bicyclic) bond motifs is 1. The van der Waals surface area contributed by atoms with Crippen LogP contribution in [0.2, 0.25) is 0 Å². The number of anilines is 1. The number of carbonyl (C=O) groups excluding carboxylic acids is 2. The van der Waals surface area contributed by atoms with Gasteiger partial charge in [-0.15, -0.1) is 0 Å². The van der Waals surface area contributed by atoms with Crippen molar-refractivity contribution in [2.45, 2.75) is 58.7 Å². The van der Waals surface area contributed by atoms with Gasteiger partial charge in [-0.2, -0.15) is 0 Å². The van der Waals surface area contributed by atoms with E-state index in [1.807, 2.05) is 13.8 Å². The van der Waals surface area contributed by atoms with Crippen molar-refractivity contribution < 1.29 is 19.1 Å². The molecule has 1 saturated carbocycles. The van der Waals surface area contributed by atoms with Crippen molar-refractivity contribution in [3.63, 3.8) is 0 Å². The van der Waals surface area contributed by atoms with Crippen LogP contribution in [0.25, 0.3) is 0 Å². The van der Waals surface area contributed by atoms with Gasteiger partial charge in [0.25, 0.3) is 5.91 Å². The molecule has 1 aromatic carbocycles. The van der Waals surface area contributed by atoms with Crippen LogP contribution >= 0.6 is 0 Å². The van der Waals surface area contributed by atoms with Gasteiger partial charge in [0, 0.05) is 51.6 Å². The Kier molecular flexibility index (Phi) is 8.59. The number of hydrogen-bond donors (Lipinski definition) is 2. The van der Waals surface area contributed by atoms with Crippen molar-refractivity contribution in [2.75, 3.05) is 45.7 Å². The Bertz CT molecular complexity index is 827. The molecule has 0 unspecified atom stereocenters. The second-order valence-electron chi connectivity index (χ2n) is 9.96. The number of hydrogen-bond acceptors (Lipinski definition) is 5. The molecule has 8 heteroatoms. The molecule has 3 amide bonds. The van der Waals surface area contributed by atoms with Gasteiger partial charge in [-0.25, -0.2) is 4.79 Å². The maximum atomic E-state index is 13.4. The van der Waals surface area contributed by atoms with Crippen molar-refractivity contribution >= 4 is 17.6 Å². The fraction of sp³-hybridized carbons (Fsp3) is 0.680. The Morgan fingerprint density at radius 1 is 1.24 bits per heavy atom. The van der Waals surface area contributed by atoms with Gasteiger partial charge in [-0.05, 0) is 63.6 Å². The lowest BCUT2D eigenvalue weighted by Gasteiger charge is -2.36. The zero-order chi connectivity index (χ0) is 24.1. The van der Waals surface area contributed by atoms with Gasteiger partial charge < -0.3 is 25.0 Å². The molecule has 2 N–H and O–H groups in total. The molecule has 184 valence electrons. The first-order valence-electron chi connectivity index (χ1n) is 12.0. The average molecular weight is 461 g/mol. The third-order valence-corrected chi connectivity index (χ3v) is 6.44. The summed E-state index contributed by atoms with van der Waals surface area (Å²) < 4.78 is 12.0. The number of amides is 3. The lowest BCUT2D eigenvalue weighted by Crippen LogP contribution is -2.47. The summed E-state index contributed by atoms with van der Waals surface area (Å²) in [6.45, 7) is 11.1. The van der Waals surface area contributed by atoms with Crippen LogP contribution < -0.4 is 15.4 Å². The lowest BCUT2D eigenvalue weighted by molar-refractivity contribution is 0.00994. The zero-order valence-corrected chi connectivity index (χ0v) is 20.9. The molecule has 1 aliphatic carbocycles. The van der Waals surface area contributed by atoms with Crippen molar-refractivity contribution in [3.05, 3.63) is 23.8 Å². The summed E-state index contributed by atoms with van der Waals surface area (Å²) in [5.41, 5.74) is 0.980. The van der Waals surface area contributed by atoms with E-state index in [0.717, 1.165) is 19.0 Å². The van der Waals surface area contributed by atoms with Gasteiger partial charge >= 0.3 is 6.03 Å². The molecular formula is C25H40N4O4. The fourth-order valence-corrected chi connectivity index (χ4v) is 4.25. The molecule has 1 aliphatic heterocycles. The SMILES string of the molecule is CO[C@H]1CN(C)C(=O)c2cc(NC(=O)NC(C)C)ccc2OC[C@H](C)N(CC2CC2)C[C@@H]1C. The number of methoxy groups -OCH3 is 1. The summed E-state index contributed by atoms with van der Waals surface area (Å²) in [6.07, 6.45) is 2.52. The van der Waals surface area contributed by atoms with E-state index in [1.165, 1.54) is 12.8 Å². The predicted molar refractivity (Wildman–Crippen MR) is 130 cm³/mol. The average Bonchev–Trinajstić information content (AvgIpc) is 3.57. The van der Waals surface area contributed by atoms with Crippen LogP contribution in [0.3, 0.4) is 0 Å². The number of nitrogens with one attached hydrogen (secondary N) is 2. The monoisotopic (exact) mass is 460 g/mol. The molecule has 0 saturated heterocycles. The van der Waals surface area contributed by atoms with Crippen LogP contribution in [-0.2, 0) is 4.74 Å². The van der Waals surface area contributed by atoms with E-state index < -0.39 is 0 Å². The van der Waals surface area contributed by atoms with Crippen molar-refractivity contribution in [2.24, 2.45) is 11.8 Å². The van der Waals surface area contributed by atoms with Gasteiger partial charge in [-0.3, -0.25) is 9.69 Å². The minimum absolute atomic E-state index is 0.0124. The molecule has 33 heavy (non-hydrogen) atoms. The molecule has 1 aromatic rings. The van der Waals surface area contributed by atoms with Crippen LogP contribution in [0.5, 0.6) is 5.75 Å². The van der Waals surface area contributed by atoms with Gasteiger partial charge in [0.15, 0.2) is 0 Å². The summed E-state index contributed by atoms with van der Waals surface area (Å²) in [4.78, 5) is 29.7. The summed E-state index contributed by atoms with van der Waals surface area (Å²) in [7, 11) is 3.50. The number of urea groups is 1. The molecule has 0 radical (unpaired) electrons. The summed E-state index contributed by atoms with van der Waals surface area (Å²) >= 11 is 0. The van der Waals surface area contributed by atoms with Crippen molar-refractivity contribution in [1.29, 1.82) is 0 Å². The van der Waals surface area contributed by atoms with Gasteiger partial charge in [0.1, 0.15) is 12.4 Å². The normalized spacial score (nSPS) is 25.0. The van der Waals surface area contributed by atoms with E-state index in [4.69, 9.17) is 9.47 Å². The second kappa shape index (κ2) is 11.2. The van der Waals surface area contributed by atoms with E-state index >= 15 is 0 Å². The molecule has 8 nitrogen and oxygen atoms in total. The minimum Gasteiger partial charge on any atom is -0.491 e. The third kappa shape index (κ3) is 7.08. The van der Waals surface area contributed by atoms with Crippen LogP contribution in [-0.4, -0.2) is 80.3 Å². The fourth-order valence-electron chi connectivity index (χ4n) is 4.25. The molecule has 0 aromatic heterocycles. The van der Waals surface area contributed by atoms with E-state index in [-0.39, 0.29) is 36.0 Å². The molecule has 1 fully saturated rings. The molecule has 3 atom stereocenters. The molecule has 0 spiro atoms. The maximum Gasteiger partial charge on any atom is 0.319 e. The third-order valence-electron chi connectivity index (χ3n) is 6.44. The van der Waals surface area contributed by atoms with Crippen LogP contribution in [0, 0.1) is 11.8 Å². The number of nitrogens with zero attached hydrogens (tertiary/aromatic N) is 2. The van der Waals surface area contributed by atoms with Crippen LogP contribution in [0.4, 0.5) is 10.5 Å². The van der Waals surface area contributed by atoms with Gasteiger partial charge in [-0.1, -0.05) is 6.92 Å². The molecule has 3 rings (SSSR count). The maximum absolute atomic E-state index is 13.4. The Morgan fingerprint density at radius 2 is 1.97 bits per heavy atom. The minimum atomic E-state index is -0.308. The highest BCUT2D eigenvalue weighted by molar-refractivity contribution is 5.99. The number of carbonyl (C=O) groups is 2. The molecular weight excluding hydrogens is 420 g/mol. The van der Waals surface area contributed by atoms with Crippen molar-refractivity contribution in [3.8, 4) is 5.75 Å². The van der Waals surface area contributed by atoms with Gasteiger partial charge in [0.2, 0.25) is 0 Å². The number of benzene rings is 1. The Hall–Kier alpha value is -2.32. The smallest absolute Gasteiger partial charge is 0.319 e. The topological polar surface area (TPSA) is 83.1 Å². The Morgan fingerprint density at radius 3 is 2.61 bits per heavy atom. The summed E-state index contributed by atoms with van der Waals surface area (Å²) in [6, 6.07) is 5.14. The number of ether oxygens (including phenoxy) is 2. The first-order chi connectivity index (χ1) is 15.7. The summed E-state index contributed by atoms with van der Waals surface area (Å²) in [5, 5.41) is 5.61. The molecule has 1 heterocycles. The van der Waals surface area contributed by atoms with Crippen molar-refractivity contribution in [1.82, 2.24) is 15.1 Å².